The highest BCUT2D eigenvalue weighted by atomic mass is 35.5. The van der Waals surface area contributed by atoms with Gasteiger partial charge in [-0.1, -0.05) is 48.5 Å². The van der Waals surface area contributed by atoms with Gasteiger partial charge < -0.3 is 4.90 Å². The Bertz CT molecular complexity index is 914. The van der Waals surface area contributed by atoms with Gasteiger partial charge in [0.25, 0.3) is 5.91 Å². The van der Waals surface area contributed by atoms with Crippen molar-refractivity contribution in [3.05, 3.63) is 76.8 Å². The summed E-state index contributed by atoms with van der Waals surface area (Å²) in [6, 6.07) is 14.7. The largest absolute Gasteiger partial charge is 0.338 e. The molecule has 0 saturated carbocycles. The first-order valence-electron chi connectivity index (χ1n) is 9.83. The first kappa shape index (κ1) is 19.7. The number of hydrogen-bond acceptors (Lipinski definition) is 3. The summed E-state index contributed by atoms with van der Waals surface area (Å²) in [7, 11) is 0. The molecule has 2 aliphatic rings. The Balaban J connectivity index is 1.37. The summed E-state index contributed by atoms with van der Waals surface area (Å²) in [5, 5.41) is 0.735. The fraction of sp³-hybridized carbons (Fsp3) is 0.304. The molecule has 5 nitrogen and oxygen atoms in total. The highest BCUT2D eigenvalue weighted by Gasteiger charge is 2.38. The fourth-order valence-electron chi connectivity index (χ4n) is 4.06. The topological polar surface area (TPSA) is 43.9 Å². The summed E-state index contributed by atoms with van der Waals surface area (Å²) in [4.78, 5) is 31.6. The minimum Gasteiger partial charge on any atom is -0.338 e. The van der Waals surface area contributed by atoms with Crippen molar-refractivity contribution in [3.8, 4) is 0 Å². The second kappa shape index (κ2) is 8.01. The predicted molar refractivity (Wildman–Crippen MR) is 114 cm³/mol. The van der Waals surface area contributed by atoms with Gasteiger partial charge in [0.15, 0.2) is 0 Å². The Morgan fingerprint density at radius 3 is 2.28 bits per heavy atom. The van der Waals surface area contributed by atoms with E-state index in [0.29, 0.717) is 24.4 Å². The number of amides is 2. The van der Waals surface area contributed by atoms with Crippen LogP contribution in [0.1, 0.15) is 28.4 Å². The summed E-state index contributed by atoms with van der Waals surface area (Å²) < 4.78 is 0. The molecule has 0 bridgehead atoms. The monoisotopic (exact) mass is 409 g/mol. The highest BCUT2D eigenvalue weighted by Crippen LogP contribution is 2.33. The van der Waals surface area contributed by atoms with E-state index in [1.165, 1.54) is 10.5 Å². The van der Waals surface area contributed by atoms with Gasteiger partial charge in [-0.2, -0.15) is 0 Å². The molecule has 29 heavy (non-hydrogen) atoms. The van der Waals surface area contributed by atoms with E-state index in [2.05, 4.69) is 11.5 Å². The van der Waals surface area contributed by atoms with E-state index in [1.54, 1.807) is 13.0 Å². The number of hydrogen-bond donors (Lipinski definition) is 0. The molecule has 2 aromatic rings. The van der Waals surface area contributed by atoms with Crippen molar-refractivity contribution in [3.63, 3.8) is 0 Å². The smallest absolute Gasteiger partial charge is 0.259 e. The van der Waals surface area contributed by atoms with Crippen molar-refractivity contribution >= 4 is 29.1 Å². The molecule has 1 unspecified atom stereocenters. The molecule has 1 saturated heterocycles. The number of carbonyl (C=O) groups excluding carboxylic acids is 2. The van der Waals surface area contributed by atoms with Crippen LogP contribution in [-0.2, 0) is 11.3 Å². The molecule has 2 heterocycles. The third-order valence-corrected chi connectivity index (χ3v) is 5.98. The number of fused-ring (bicyclic) bond motifs is 1. The van der Waals surface area contributed by atoms with Gasteiger partial charge in [-0.3, -0.25) is 19.4 Å². The SMILES string of the molecule is C=C1c2ccccc2C(=O)N1C(C)C(=O)N1CCN(Cc2ccc(Cl)cc2)CC1. The van der Waals surface area contributed by atoms with Crippen LogP contribution in [0.3, 0.4) is 0 Å². The maximum atomic E-state index is 13.1. The third-order valence-electron chi connectivity index (χ3n) is 5.73. The van der Waals surface area contributed by atoms with E-state index in [4.69, 9.17) is 11.6 Å². The first-order chi connectivity index (χ1) is 14.0. The van der Waals surface area contributed by atoms with Gasteiger partial charge in [0.2, 0.25) is 5.91 Å². The van der Waals surface area contributed by atoms with Gasteiger partial charge in [0.05, 0.1) is 0 Å². The van der Waals surface area contributed by atoms with Crippen LogP contribution in [0.2, 0.25) is 5.02 Å². The van der Waals surface area contributed by atoms with Gasteiger partial charge >= 0.3 is 0 Å². The summed E-state index contributed by atoms with van der Waals surface area (Å²) >= 11 is 5.95. The van der Waals surface area contributed by atoms with Crippen LogP contribution >= 0.6 is 11.6 Å². The molecule has 2 aliphatic heterocycles. The quantitative estimate of drug-likeness (QED) is 0.776. The molecule has 6 heteroatoms. The van der Waals surface area contributed by atoms with Crippen LogP contribution in [0.4, 0.5) is 0 Å². The molecule has 0 N–H and O–H groups in total. The Hall–Kier alpha value is -2.63. The molecule has 1 fully saturated rings. The van der Waals surface area contributed by atoms with Crippen LogP contribution < -0.4 is 0 Å². The molecule has 2 aromatic carbocycles. The zero-order chi connectivity index (χ0) is 20.5. The van der Waals surface area contributed by atoms with Crippen LogP contribution in [0.15, 0.2) is 55.1 Å². The number of nitrogens with zero attached hydrogens (tertiary/aromatic N) is 3. The highest BCUT2D eigenvalue weighted by molar-refractivity contribution is 6.30. The molecule has 0 spiro atoms. The second-order valence-electron chi connectivity index (χ2n) is 7.57. The minimum absolute atomic E-state index is 0.0292. The summed E-state index contributed by atoms with van der Waals surface area (Å²) in [5.74, 6) is -0.175. The number of carbonyl (C=O) groups is 2. The van der Waals surface area contributed by atoms with Gasteiger partial charge in [-0.25, -0.2) is 0 Å². The predicted octanol–water partition coefficient (Wildman–Crippen LogP) is 3.50. The molecule has 0 aromatic heterocycles. The zero-order valence-corrected chi connectivity index (χ0v) is 17.2. The van der Waals surface area contributed by atoms with Crippen molar-refractivity contribution in [1.29, 1.82) is 0 Å². The number of benzene rings is 2. The lowest BCUT2D eigenvalue weighted by molar-refractivity contribution is -0.136. The van der Waals surface area contributed by atoms with Gasteiger partial charge in [0.1, 0.15) is 6.04 Å². The van der Waals surface area contributed by atoms with Crippen molar-refractivity contribution in [1.82, 2.24) is 14.7 Å². The van der Waals surface area contributed by atoms with Crippen molar-refractivity contribution in [2.75, 3.05) is 26.2 Å². The maximum Gasteiger partial charge on any atom is 0.259 e. The average Bonchev–Trinajstić information content (AvgIpc) is 3.00. The normalized spacial score (nSPS) is 18.1. The molecular formula is C23H24ClN3O2. The Morgan fingerprint density at radius 2 is 1.66 bits per heavy atom. The Labute approximate surface area is 176 Å². The van der Waals surface area contributed by atoms with E-state index in [9.17, 15) is 9.59 Å². The minimum atomic E-state index is -0.565. The van der Waals surface area contributed by atoms with Crippen molar-refractivity contribution < 1.29 is 9.59 Å². The third kappa shape index (κ3) is 3.80. The lowest BCUT2D eigenvalue weighted by Crippen LogP contribution is -2.53. The van der Waals surface area contributed by atoms with E-state index in [1.807, 2.05) is 47.4 Å². The second-order valence-corrected chi connectivity index (χ2v) is 8.01. The lowest BCUT2D eigenvalue weighted by Gasteiger charge is -2.37. The number of piperazine rings is 1. The molecule has 2 amide bonds. The van der Waals surface area contributed by atoms with E-state index in [-0.39, 0.29) is 11.8 Å². The average molecular weight is 410 g/mol. The maximum absolute atomic E-state index is 13.1. The molecule has 0 aliphatic carbocycles. The van der Waals surface area contributed by atoms with Crippen LogP contribution in [-0.4, -0.2) is 58.7 Å². The molecule has 4 rings (SSSR count). The van der Waals surface area contributed by atoms with E-state index < -0.39 is 6.04 Å². The van der Waals surface area contributed by atoms with Gasteiger partial charge in [-0.05, 0) is 30.7 Å². The zero-order valence-electron chi connectivity index (χ0n) is 16.5. The van der Waals surface area contributed by atoms with Crippen molar-refractivity contribution in [2.24, 2.45) is 0 Å². The first-order valence-corrected chi connectivity index (χ1v) is 10.2. The summed E-state index contributed by atoms with van der Waals surface area (Å²) in [6.45, 7) is 9.59. The number of rotatable bonds is 4. The molecule has 0 radical (unpaired) electrons. The Morgan fingerprint density at radius 1 is 1.03 bits per heavy atom. The fourth-order valence-corrected chi connectivity index (χ4v) is 4.19. The lowest BCUT2D eigenvalue weighted by atomic mass is 10.1. The Kier molecular flexibility index (Phi) is 5.43. The molecule has 150 valence electrons. The van der Waals surface area contributed by atoms with Gasteiger partial charge in [-0.15, -0.1) is 0 Å². The summed E-state index contributed by atoms with van der Waals surface area (Å²) in [6.07, 6.45) is 0. The van der Waals surface area contributed by atoms with E-state index >= 15 is 0 Å². The number of halogens is 1. The standard InChI is InChI=1S/C23H24ClN3O2/c1-16-20-5-3-4-6-21(20)23(29)27(16)17(2)22(28)26-13-11-25(12-14-26)15-18-7-9-19(24)10-8-18/h3-10,17H,1,11-15H2,2H3. The van der Waals surface area contributed by atoms with Gasteiger partial charge in [0, 0.05) is 54.6 Å². The van der Waals surface area contributed by atoms with E-state index in [0.717, 1.165) is 30.2 Å². The van der Waals surface area contributed by atoms with Crippen molar-refractivity contribution in [2.45, 2.75) is 19.5 Å². The van der Waals surface area contributed by atoms with Crippen LogP contribution in [0, 0.1) is 0 Å². The molecule has 1 atom stereocenters. The van der Waals surface area contributed by atoms with Crippen LogP contribution in [0.25, 0.3) is 5.70 Å². The summed E-state index contributed by atoms with van der Waals surface area (Å²) in [5.41, 5.74) is 3.24. The molecular weight excluding hydrogens is 386 g/mol. The van der Waals surface area contributed by atoms with Crippen LogP contribution in [0.5, 0.6) is 0 Å².